The maximum Gasteiger partial charge on any atom is 0.276 e. The highest BCUT2D eigenvalue weighted by molar-refractivity contribution is 5.83. The molecule has 0 aliphatic carbocycles. The van der Waals surface area contributed by atoms with Gasteiger partial charge in [0.1, 0.15) is 23.8 Å². The third-order valence-electron chi connectivity index (χ3n) is 4.12. The lowest BCUT2D eigenvalue weighted by Gasteiger charge is -2.11. The molecule has 0 aliphatic rings. The van der Waals surface area contributed by atoms with E-state index in [1.807, 2.05) is 19.1 Å². The molecule has 2 rings (SSSR count). The molecule has 2 aromatic rings. The van der Waals surface area contributed by atoms with Crippen LogP contribution in [-0.4, -0.2) is 41.8 Å². The van der Waals surface area contributed by atoms with Crippen LogP contribution in [0.1, 0.15) is 22.4 Å². The lowest BCUT2D eigenvalue weighted by molar-refractivity contribution is 0.182. The lowest BCUT2D eigenvalue weighted by atomic mass is 10.1. The number of benzene rings is 1. The monoisotopic (exact) mass is 401 g/mol. The molecule has 0 radical (unpaired) electrons. The maximum absolute atomic E-state index is 12.4. The van der Waals surface area contributed by atoms with E-state index in [0.717, 1.165) is 11.8 Å². The van der Waals surface area contributed by atoms with Gasteiger partial charge in [0, 0.05) is 19.3 Å². The zero-order valence-corrected chi connectivity index (χ0v) is 16.5. The van der Waals surface area contributed by atoms with Crippen molar-refractivity contribution in [1.29, 1.82) is 5.41 Å². The first-order valence-electron chi connectivity index (χ1n) is 8.98. The molecule has 0 unspecified atom stereocenters. The highest BCUT2D eigenvalue weighted by Crippen LogP contribution is 2.12. The van der Waals surface area contributed by atoms with Crippen LogP contribution in [0.15, 0.2) is 28.1 Å². The molecule has 29 heavy (non-hydrogen) atoms. The number of ether oxygens (including phenoxy) is 1. The van der Waals surface area contributed by atoms with Gasteiger partial charge in [0.25, 0.3) is 5.56 Å². The van der Waals surface area contributed by atoms with Gasteiger partial charge in [-0.25, -0.2) is 16.4 Å². The minimum absolute atomic E-state index is 0.0965. The van der Waals surface area contributed by atoms with Crippen molar-refractivity contribution in [3.8, 4) is 0 Å². The van der Waals surface area contributed by atoms with Crippen LogP contribution in [0.5, 0.6) is 0 Å². The molecule has 1 aromatic carbocycles. The van der Waals surface area contributed by atoms with E-state index in [0.29, 0.717) is 19.0 Å². The summed E-state index contributed by atoms with van der Waals surface area (Å²) in [5, 5.41) is 17.1. The van der Waals surface area contributed by atoms with E-state index in [9.17, 15) is 4.79 Å². The van der Waals surface area contributed by atoms with Crippen molar-refractivity contribution >= 4 is 23.7 Å². The molecule has 1 heterocycles. The number of hydrogen-bond donors (Lipinski definition) is 7. The number of hydrogen-bond acceptors (Lipinski definition) is 9. The van der Waals surface area contributed by atoms with Crippen molar-refractivity contribution in [2.45, 2.75) is 20.4 Å². The van der Waals surface area contributed by atoms with Gasteiger partial charge in [-0.05, 0) is 30.5 Å². The molecule has 0 saturated carbocycles. The summed E-state index contributed by atoms with van der Waals surface area (Å²) in [5.41, 5.74) is 11.1. The molecule has 11 heteroatoms. The van der Waals surface area contributed by atoms with Crippen LogP contribution < -0.4 is 33.3 Å². The molecular weight excluding hydrogens is 374 g/mol. The molecule has 0 aliphatic heterocycles. The average molecular weight is 401 g/mol. The average Bonchev–Trinajstić information content (AvgIpc) is 2.69. The van der Waals surface area contributed by atoms with Crippen LogP contribution in [0, 0.1) is 19.3 Å². The number of rotatable bonds is 11. The predicted octanol–water partition coefficient (Wildman–Crippen LogP) is 0.161. The lowest BCUT2D eigenvalue weighted by Crippen LogP contribution is -2.27. The SMILES string of the molecule is Cc1ccc(CNc2nc(C=N)c(NCCOCC(N)=NNN)c(=O)[nH]2)cc1C. The van der Waals surface area contributed by atoms with Crippen molar-refractivity contribution in [3.05, 3.63) is 50.9 Å². The number of nitrogens with one attached hydrogen (secondary N) is 5. The van der Waals surface area contributed by atoms with Crippen LogP contribution in [0.4, 0.5) is 11.6 Å². The van der Waals surface area contributed by atoms with Crippen LogP contribution >= 0.6 is 0 Å². The molecule has 156 valence electrons. The first kappa shape index (κ1) is 21.9. The molecule has 0 amide bonds. The van der Waals surface area contributed by atoms with Gasteiger partial charge >= 0.3 is 0 Å². The third kappa shape index (κ3) is 6.59. The topological polar surface area (TPSA) is 179 Å². The summed E-state index contributed by atoms with van der Waals surface area (Å²) in [7, 11) is 0. The number of hydrazone groups is 1. The Morgan fingerprint density at radius 3 is 2.83 bits per heavy atom. The number of anilines is 2. The van der Waals surface area contributed by atoms with E-state index in [1.54, 1.807) is 0 Å². The standard InChI is InChI=1S/C18H27N9O2/c1-11-3-4-13(7-12(11)2)9-23-18-24-14(8-19)16(17(28)25-18)22-5-6-29-10-15(20)26-27-21/h3-4,7-8,19,22,27H,5-6,9-10,21H2,1-2H3,(H2,20,26)(H2,23,24,25,28). The van der Waals surface area contributed by atoms with Gasteiger partial charge in [-0.1, -0.05) is 18.2 Å². The van der Waals surface area contributed by atoms with Crippen LogP contribution in [0.25, 0.3) is 0 Å². The molecule has 9 N–H and O–H groups in total. The van der Waals surface area contributed by atoms with Gasteiger partial charge in [-0.2, -0.15) is 0 Å². The van der Waals surface area contributed by atoms with Gasteiger partial charge in [0.05, 0.1) is 6.61 Å². The van der Waals surface area contributed by atoms with Crippen molar-refractivity contribution in [1.82, 2.24) is 15.5 Å². The number of amidine groups is 1. The summed E-state index contributed by atoms with van der Waals surface area (Å²) >= 11 is 0. The number of aryl methyl sites for hydroxylation is 2. The maximum atomic E-state index is 12.4. The summed E-state index contributed by atoms with van der Waals surface area (Å²) in [6, 6.07) is 6.14. The molecule has 0 saturated heterocycles. The number of nitrogens with zero attached hydrogens (tertiary/aromatic N) is 2. The Bertz CT molecular complexity index is 924. The number of nitrogens with two attached hydrogens (primary N) is 2. The molecule has 0 spiro atoms. The Morgan fingerprint density at radius 2 is 2.14 bits per heavy atom. The summed E-state index contributed by atoms with van der Waals surface area (Å²) in [4.78, 5) is 19.3. The van der Waals surface area contributed by atoms with E-state index in [4.69, 9.17) is 21.7 Å². The second-order valence-electron chi connectivity index (χ2n) is 6.30. The number of aromatic nitrogens is 2. The minimum Gasteiger partial charge on any atom is -0.384 e. The Morgan fingerprint density at radius 1 is 1.34 bits per heavy atom. The normalized spacial score (nSPS) is 11.2. The third-order valence-corrected chi connectivity index (χ3v) is 4.12. The molecule has 0 fully saturated rings. The van der Waals surface area contributed by atoms with E-state index < -0.39 is 0 Å². The highest BCUT2D eigenvalue weighted by atomic mass is 16.5. The van der Waals surface area contributed by atoms with Crippen molar-refractivity contribution < 1.29 is 4.74 Å². The Kier molecular flexibility index (Phi) is 8.12. The van der Waals surface area contributed by atoms with Crippen molar-refractivity contribution in [2.24, 2.45) is 16.7 Å². The zero-order chi connectivity index (χ0) is 21.2. The summed E-state index contributed by atoms with van der Waals surface area (Å²) in [6.07, 6.45) is 1.02. The van der Waals surface area contributed by atoms with E-state index >= 15 is 0 Å². The number of H-pyrrole nitrogens is 1. The summed E-state index contributed by atoms with van der Waals surface area (Å²) in [6.45, 7) is 5.29. The van der Waals surface area contributed by atoms with Gasteiger partial charge in [0.15, 0.2) is 0 Å². The largest absolute Gasteiger partial charge is 0.384 e. The second kappa shape index (κ2) is 10.8. The Labute approximate surface area is 168 Å². The van der Waals surface area contributed by atoms with Crippen molar-refractivity contribution in [3.63, 3.8) is 0 Å². The van der Waals surface area contributed by atoms with Crippen LogP contribution in [0.3, 0.4) is 0 Å². The minimum atomic E-state index is -0.380. The molecular formula is C18H27N9O2. The van der Waals surface area contributed by atoms with Gasteiger partial charge in [-0.3, -0.25) is 9.78 Å². The molecule has 11 nitrogen and oxygen atoms in total. The van der Waals surface area contributed by atoms with Crippen LogP contribution in [0.2, 0.25) is 0 Å². The van der Waals surface area contributed by atoms with Gasteiger partial charge in [0.2, 0.25) is 5.95 Å². The predicted molar refractivity (Wildman–Crippen MR) is 114 cm³/mol. The molecule has 1 aromatic heterocycles. The van der Waals surface area contributed by atoms with Crippen LogP contribution in [-0.2, 0) is 11.3 Å². The first-order chi connectivity index (χ1) is 13.9. The molecule has 0 bridgehead atoms. The van der Waals surface area contributed by atoms with E-state index in [2.05, 4.69) is 44.2 Å². The number of aromatic amines is 1. The Hall–Kier alpha value is -3.44. The fourth-order valence-corrected chi connectivity index (χ4v) is 2.49. The van der Waals surface area contributed by atoms with Gasteiger partial charge < -0.3 is 26.5 Å². The van der Waals surface area contributed by atoms with Crippen molar-refractivity contribution in [2.75, 3.05) is 30.4 Å². The fourth-order valence-electron chi connectivity index (χ4n) is 2.49. The number of hydrazine groups is 1. The Balaban J connectivity index is 1.95. The summed E-state index contributed by atoms with van der Waals surface area (Å²) < 4.78 is 5.30. The second-order valence-corrected chi connectivity index (χ2v) is 6.30. The van der Waals surface area contributed by atoms with E-state index in [1.165, 1.54) is 11.1 Å². The summed E-state index contributed by atoms with van der Waals surface area (Å²) in [5.74, 6) is 5.51. The zero-order valence-electron chi connectivity index (χ0n) is 16.5. The van der Waals surface area contributed by atoms with Gasteiger partial charge in [-0.15, -0.1) is 5.10 Å². The first-order valence-corrected chi connectivity index (χ1v) is 8.98. The van der Waals surface area contributed by atoms with E-state index in [-0.39, 0.29) is 36.0 Å². The quantitative estimate of drug-likeness (QED) is 0.0914. The molecule has 0 atom stereocenters. The fraction of sp³-hybridized carbons (Fsp3) is 0.333. The smallest absolute Gasteiger partial charge is 0.276 e. The highest BCUT2D eigenvalue weighted by Gasteiger charge is 2.10.